The molecule has 102 heavy (non-hydrogen) atoms. The van der Waals surface area contributed by atoms with Crippen LogP contribution in [0.5, 0.6) is 11.5 Å². The average Bonchev–Trinajstić information content (AvgIpc) is 1.54. The molecule has 23 heteroatoms. The van der Waals surface area contributed by atoms with Gasteiger partial charge in [-0.3, -0.25) is 39.2 Å². The van der Waals surface area contributed by atoms with Crippen LogP contribution < -0.4 is 20.1 Å². The van der Waals surface area contributed by atoms with Crippen molar-refractivity contribution in [2.24, 2.45) is 9.98 Å². The first-order valence-electron chi connectivity index (χ1n) is 35.2. The molecule has 6 amide bonds. The van der Waals surface area contributed by atoms with E-state index in [2.05, 4.69) is 104 Å². The van der Waals surface area contributed by atoms with Gasteiger partial charge in [-0.2, -0.15) is 0 Å². The van der Waals surface area contributed by atoms with Gasteiger partial charge >= 0.3 is 12.1 Å². The summed E-state index contributed by atoms with van der Waals surface area (Å²) in [6.07, 6.45) is 0. The lowest BCUT2D eigenvalue weighted by molar-refractivity contribution is -0.125. The number of aliphatic imine (C=N–C) groups is 2. The Morgan fingerprint density at radius 2 is 0.775 bits per heavy atom. The first kappa shape index (κ1) is 77.3. The summed E-state index contributed by atoms with van der Waals surface area (Å²) >= 11 is 26.0. The zero-order chi connectivity index (χ0) is 73.4. The number of nitrogens with zero attached hydrogens (tertiary/aromatic N) is 8. The van der Waals surface area contributed by atoms with Crippen molar-refractivity contribution in [1.29, 1.82) is 0 Å². The Morgan fingerprint density at radius 3 is 1.13 bits per heavy atom. The maximum Gasteiger partial charge on any atom is 0.326 e. The summed E-state index contributed by atoms with van der Waals surface area (Å²) in [5.41, 5.74) is 2.47. The highest BCUT2D eigenvalue weighted by Gasteiger charge is 2.62. The lowest BCUT2D eigenvalue weighted by atomic mass is 9.71. The van der Waals surface area contributed by atoms with E-state index in [-0.39, 0.29) is 67.7 Å². The Hall–Kier alpha value is -7.30. The van der Waals surface area contributed by atoms with E-state index in [0.717, 1.165) is 33.4 Å². The molecule has 19 nitrogen and oxygen atoms in total. The molecular formula is C79H98Cl4N10O9. The van der Waals surface area contributed by atoms with Gasteiger partial charge in [-0.1, -0.05) is 149 Å². The lowest BCUT2D eigenvalue weighted by Crippen LogP contribution is -2.61. The van der Waals surface area contributed by atoms with Gasteiger partial charge in [0.1, 0.15) is 52.1 Å². The summed E-state index contributed by atoms with van der Waals surface area (Å²) in [4.78, 5) is 80.2. The third-order valence-electron chi connectivity index (χ3n) is 20.4. The fourth-order valence-electron chi connectivity index (χ4n) is 13.9. The van der Waals surface area contributed by atoms with Crippen LogP contribution in [0.2, 0.25) is 20.1 Å². The van der Waals surface area contributed by atoms with Crippen LogP contribution in [-0.4, -0.2) is 190 Å². The molecule has 4 atom stereocenters. The van der Waals surface area contributed by atoms with Gasteiger partial charge in [0, 0.05) is 79.0 Å². The summed E-state index contributed by atoms with van der Waals surface area (Å²) in [7, 11) is 0. The number of benzene rings is 6. The molecule has 0 aromatic heterocycles. The zero-order valence-corrected chi connectivity index (χ0v) is 63.9. The van der Waals surface area contributed by atoms with Gasteiger partial charge in [-0.05, 0) is 159 Å². The van der Waals surface area contributed by atoms with E-state index in [4.69, 9.17) is 80.1 Å². The van der Waals surface area contributed by atoms with E-state index in [1.165, 1.54) is 0 Å². The predicted molar refractivity (Wildman–Crippen MR) is 405 cm³/mol. The minimum atomic E-state index is -1.08. The number of carbonyl (C=O) groups excluding carboxylic acids is 4. The fourth-order valence-corrected chi connectivity index (χ4v) is 14.4. The highest BCUT2D eigenvalue weighted by molar-refractivity contribution is 6.31. The van der Waals surface area contributed by atoms with Crippen molar-refractivity contribution in [2.45, 2.75) is 116 Å². The van der Waals surface area contributed by atoms with Crippen molar-refractivity contribution in [1.82, 2.24) is 40.0 Å². The molecule has 6 aromatic rings. The van der Waals surface area contributed by atoms with Crippen molar-refractivity contribution >= 4 is 82.0 Å². The number of urea groups is 2. The minimum Gasteiger partial charge on any atom is -0.493 e. The summed E-state index contributed by atoms with van der Waals surface area (Å²) in [6.45, 7) is 31.4. The smallest absolute Gasteiger partial charge is 0.326 e. The normalized spacial score (nSPS) is 21.3. The number of hydrogen-bond acceptors (Lipinski definition) is 13. The molecule has 546 valence electrons. The molecule has 0 bridgehead atoms. The summed E-state index contributed by atoms with van der Waals surface area (Å²) < 4.78 is 29.9. The molecule has 6 aromatic carbocycles. The molecule has 0 saturated carbocycles. The molecule has 2 N–H and O–H groups in total. The van der Waals surface area contributed by atoms with Crippen LogP contribution >= 0.6 is 46.4 Å². The molecule has 10 rings (SSSR count). The Kier molecular flexibility index (Phi) is 24.9. The van der Waals surface area contributed by atoms with E-state index in [9.17, 15) is 9.59 Å². The number of rotatable bonds is 25. The first-order chi connectivity index (χ1) is 48.5. The second-order valence-electron chi connectivity index (χ2n) is 29.0. The van der Waals surface area contributed by atoms with Crippen LogP contribution in [-0.2, 0) is 56.8 Å². The highest BCUT2D eigenvalue weighted by Crippen LogP contribution is 2.56. The highest BCUT2D eigenvalue weighted by atomic mass is 35.5. The summed E-state index contributed by atoms with van der Waals surface area (Å²) in [5.74, 6) is 1.89. The van der Waals surface area contributed by atoms with Gasteiger partial charge in [-0.15, -0.1) is 0 Å². The summed E-state index contributed by atoms with van der Waals surface area (Å²) in [6, 6.07) is 42.4. The number of nitrogens with one attached hydrogen (secondary N) is 2. The van der Waals surface area contributed by atoms with Crippen molar-refractivity contribution < 1.29 is 42.9 Å². The maximum absolute atomic E-state index is 15.6. The Labute approximate surface area is 621 Å². The number of piperazine rings is 2. The molecule has 4 aliphatic rings. The van der Waals surface area contributed by atoms with E-state index >= 15 is 9.59 Å². The van der Waals surface area contributed by atoms with E-state index in [1.54, 1.807) is 0 Å². The number of amidine groups is 2. The third-order valence-corrected chi connectivity index (χ3v) is 21.4. The molecule has 4 aliphatic heterocycles. The topological polar surface area (TPSA) is 183 Å². The number of hydrogen-bond donors (Lipinski definition) is 2. The van der Waals surface area contributed by atoms with Crippen LogP contribution in [0, 0.1) is 0 Å². The van der Waals surface area contributed by atoms with E-state index < -0.39 is 22.2 Å². The molecule has 0 radical (unpaired) electrons. The average molecular weight is 1470 g/mol. The molecule has 0 unspecified atom stereocenters. The second kappa shape index (κ2) is 32.8. The third kappa shape index (κ3) is 16.8. The molecule has 0 aliphatic carbocycles. The van der Waals surface area contributed by atoms with Gasteiger partial charge in [-0.25, -0.2) is 9.59 Å². The van der Waals surface area contributed by atoms with Crippen LogP contribution in [0.15, 0.2) is 143 Å². The van der Waals surface area contributed by atoms with E-state index in [1.807, 2.05) is 152 Å². The first-order valence-corrected chi connectivity index (χ1v) is 36.7. The summed E-state index contributed by atoms with van der Waals surface area (Å²) in [5, 5.41) is 8.12. The number of ether oxygens (including phenoxy) is 5. The van der Waals surface area contributed by atoms with Gasteiger partial charge in [0.25, 0.3) is 0 Å². The minimum absolute atomic E-state index is 0.00613. The fraction of sp³-hybridized carbons (Fsp3) is 0.468. The largest absolute Gasteiger partial charge is 0.493 e. The maximum atomic E-state index is 15.6. The molecule has 0 spiro atoms. The SMILES string of the molecule is CCOc1cc(C(C)(C)C)ccc1C1=N[C@](C)(c2ccc(Cl)cc2)[C@](C)(c2ccc(Cl)cc2)N1C(=O)N1CCN(CC(=O)NCCOCCOCCOCNC(=O)CN2CCN(C(=O)N3C(c4ccc(C(C)(C)C)cc4OCC)=N[C@](C)(c4ccc(Cl)cc4)[C@]3(C)c3ccc(Cl)cc3)CC2)CC1. The zero-order valence-electron chi connectivity index (χ0n) is 60.9. The number of carbonyl (C=O) groups is 4. The van der Waals surface area contributed by atoms with Crippen LogP contribution in [0.4, 0.5) is 9.59 Å². The quantitative estimate of drug-likeness (QED) is 0.0411. The predicted octanol–water partition coefficient (Wildman–Crippen LogP) is 13.9. The monoisotopic (exact) mass is 1470 g/mol. The van der Waals surface area contributed by atoms with Gasteiger partial charge in [0.15, 0.2) is 0 Å². The Bertz CT molecular complexity index is 3730. The Morgan fingerprint density at radius 1 is 0.441 bits per heavy atom. The van der Waals surface area contributed by atoms with Crippen LogP contribution in [0.1, 0.15) is 128 Å². The van der Waals surface area contributed by atoms with Crippen molar-refractivity contribution in [2.75, 3.05) is 125 Å². The van der Waals surface area contributed by atoms with Crippen molar-refractivity contribution in [3.63, 3.8) is 0 Å². The van der Waals surface area contributed by atoms with Gasteiger partial charge in [0.05, 0.1) is 70.5 Å². The van der Waals surface area contributed by atoms with E-state index in [0.29, 0.717) is 146 Å². The molecular weight excluding hydrogens is 1370 g/mol. The van der Waals surface area contributed by atoms with Crippen molar-refractivity contribution in [3.05, 3.63) is 198 Å². The van der Waals surface area contributed by atoms with Crippen molar-refractivity contribution in [3.8, 4) is 11.5 Å². The van der Waals surface area contributed by atoms with Crippen LogP contribution in [0.3, 0.4) is 0 Å². The lowest BCUT2D eigenvalue weighted by Gasteiger charge is -2.47. The van der Waals surface area contributed by atoms with Gasteiger partial charge < -0.3 is 44.1 Å². The molecule has 2 saturated heterocycles. The standard InChI is InChI=1S/C79H98Cl4N10O9/c1-13-101-66-49-58(74(3,4)5)23-33-64(66)70-86-76(9,54-15-25-60(80)26-16-54)78(11,56-19-29-62(82)30-20-56)92(70)72(96)90-40-36-88(37-41-90)51-68(94)84-35-44-98-45-46-99-47-48-100-53-85-69(95)52-89-38-42-91(43-39-89)73(97)93-71(65-34-24-59(75(6,7)8)50-67(65)102-14-2)87-77(10,55-17-27-61(81)28-18-55)79(93,12)57-21-31-63(83)32-22-57/h15-34,49-50H,13-14,35-48,51-53H2,1-12H3,(H,84,94)(H,85,95)/t76-,77-,78+,79+/m1/s1. The Balaban J connectivity index is 0.654. The molecule has 4 heterocycles. The second-order valence-corrected chi connectivity index (χ2v) is 30.7. The van der Waals surface area contributed by atoms with Crippen LogP contribution in [0.25, 0.3) is 0 Å². The molecule has 2 fully saturated rings. The van der Waals surface area contributed by atoms with Gasteiger partial charge in [0.2, 0.25) is 11.8 Å². The number of amides is 6. The number of halogens is 4.